The molecule has 1 aromatic rings. The number of hydrogen-bond donors (Lipinski definition) is 1. The molecule has 1 rings (SSSR count). The number of thiophene rings is 1. The van der Waals surface area contributed by atoms with Gasteiger partial charge in [0.2, 0.25) is 0 Å². The zero-order valence-corrected chi connectivity index (χ0v) is 11.4. The summed E-state index contributed by atoms with van der Waals surface area (Å²) in [4.78, 5) is 11.6. The summed E-state index contributed by atoms with van der Waals surface area (Å²) in [6, 6.07) is 1.84. The van der Waals surface area contributed by atoms with E-state index in [9.17, 15) is 4.79 Å². The summed E-state index contributed by atoms with van der Waals surface area (Å²) in [7, 11) is 3.07. The highest BCUT2D eigenvalue weighted by Gasteiger charge is 2.10. The summed E-state index contributed by atoms with van der Waals surface area (Å²) in [5, 5.41) is 4.55. The van der Waals surface area contributed by atoms with Gasteiger partial charge in [-0.2, -0.15) is 0 Å². The van der Waals surface area contributed by atoms with E-state index in [-0.39, 0.29) is 5.91 Å². The number of halogens is 1. The first-order valence-electron chi connectivity index (χ1n) is 4.25. The second-order valence-corrected chi connectivity index (χ2v) is 5.56. The average molecular weight is 341 g/mol. The van der Waals surface area contributed by atoms with Crippen molar-refractivity contribution in [2.75, 3.05) is 20.8 Å². The molecule has 0 saturated carbocycles. The minimum absolute atomic E-state index is 0.103. The number of ether oxygens (including phenoxy) is 2. The number of carbonyl (C=O) groups is 1. The SMILES string of the molecule is COC(CNC(=O)c1csc(I)c1)OC. The molecule has 0 fully saturated rings. The van der Waals surface area contributed by atoms with E-state index >= 15 is 0 Å². The highest BCUT2D eigenvalue weighted by molar-refractivity contribution is 14.1. The lowest BCUT2D eigenvalue weighted by molar-refractivity contribution is -0.0974. The van der Waals surface area contributed by atoms with Gasteiger partial charge in [0.15, 0.2) is 6.29 Å². The molecule has 0 spiro atoms. The Morgan fingerprint density at radius 1 is 1.60 bits per heavy atom. The highest BCUT2D eigenvalue weighted by atomic mass is 127. The van der Waals surface area contributed by atoms with Crippen LogP contribution < -0.4 is 5.32 Å². The van der Waals surface area contributed by atoms with Crippen molar-refractivity contribution in [1.82, 2.24) is 5.32 Å². The summed E-state index contributed by atoms with van der Waals surface area (Å²) in [5.41, 5.74) is 0.676. The minimum Gasteiger partial charge on any atom is -0.354 e. The van der Waals surface area contributed by atoms with E-state index in [1.165, 1.54) is 14.2 Å². The van der Waals surface area contributed by atoms with Gasteiger partial charge < -0.3 is 14.8 Å². The van der Waals surface area contributed by atoms with Gasteiger partial charge in [-0.15, -0.1) is 11.3 Å². The first-order chi connectivity index (χ1) is 7.17. The van der Waals surface area contributed by atoms with Gasteiger partial charge in [-0.05, 0) is 28.7 Å². The van der Waals surface area contributed by atoms with Crippen LogP contribution in [-0.4, -0.2) is 33.0 Å². The second kappa shape index (κ2) is 6.41. The molecular formula is C9H12INO3S. The predicted octanol–water partition coefficient (Wildman–Crippen LogP) is 1.70. The maximum atomic E-state index is 11.6. The zero-order valence-electron chi connectivity index (χ0n) is 8.45. The lowest BCUT2D eigenvalue weighted by atomic mass is 10.3. The van der Waals surface area contributed by atoms with Crippen molar-refractivity contribution in [3.63, 3.8) is 0 Å². The van der Waals surface area contributed by atoms with Crippen LogP contribution in [0.15, 0.2) is 11.4 Å². The summed E-state index contributed by atoms with van der Waals surface area (Å²) < 4.78 is 11.0. The van der Waals surface area contributed by atoms with Crippen LogP contribution in [0.2, 0.25) is 0 Å². The summed E-state index contributed by atoms with van der Waals surface area (Å²) >= 11 is 3.72. The molecule has 0 atom stereocenters. The van der Waals surface area contributed by atoms with Gasteiger partial charge >= 0.3 is 0 Å². The fourth-order valence-electron chi connectivity index (χ4n) is 0.970. The fraction of sp³-hybridized carbons (Fsp3) is 0.444. The van der Waals surface area contributed by atoms with Crippen molar-refractivity contribution in [1.29, 1.82) is 0 Å². The van der Waals surface area contributed by atoms with E-state index in [0.29, 0.717) is 12.1 Å². The van der Waals surface area contributed by atoms with E-state index in [0.717, 1.165) is 2.88 Å². The summed E-state index contributed by atoms with van der Waals surface area (Å²) in [6.45, 7) is 0.345. The number of methoxy groups -OCH3 is 2. The normalized spacial score (nSPS) is 10.7. The van der Waals surface area contributed by atoms with Crippen molar-refractivity contribution < 1.29 is 14.3 Å². The molecule has 1 heterocycles. The zero-order chi connectivity index (χ0) is 11.3. The number of rotatable bonds is 5. The quantitative estimate of drug-likeness (QED) is 0.655. The fourth-order valence-corrected chi connectivity index (χ4v) is 2.30. The Balaban J connectivity index is 2.42. The molecule has 0 aliphatic rings. The van der Waals surface area contributed by atoms with E-state index < -0.39 is 6.29 Å². The third-order valence-corrected chi connectivity index (χ3v) is 3.57. The van der Waals surface area contributed by atoms with Gasteiger partial charge in [-0.1, -0.05) is 0 Å². The summed E-state index contributed by atoms with van der Waals surface area (Å²) in [6.07, 6.45) is -0.397. The van der Waals surface area contributed by atoms with E-state index in [4.69, 9.17) is 9.47 Å². The Hall–Kier alpha value is -0.180. The smallest absolute Gasteiger partial charge is 0.252 e. The Bertz CT molecular complexity index is 325. The number of carbonyl (C=O) groups excluding carboxylic acids is 1. The molecule has 0 unspecified atom stereocenters. The van der Waals surface area contributed by atoms with Crippen LogP contribution in [0.4, 0.5) is 0 Å². The maximum Gasteiger partial charge on any atom is 0.252 e. The van der Waals surface area contributed by atoms with Crippen molar-refractivity contribution in [2.45, 2.75) is 6.29 Å². The van der Waals surface area contributed by atoms with Crippen LogP contribution in [0, 0.1) is 2.88 Å². The van der Waals surface area contributed by atoms with E-state index in [1.807, 2.05) is 11.4 Å². The molecule has 1 N–H and O–H groups in total. The lowest BCUT2D eigenvalue weighted by Crippen LogP contribution is -2.33. The van der Waals surface area contributed by atoms with Gasteiger partial charge in [0.1, 0.15) is 0 Å². The minimum atomic E-state index is -0.397. The monoisotopic (exact) mass is 341 g/mol. The molecule has 0 aromatic carbocycles. The van der Waals surface area contributed by atoms with Crippen LogP contribution in [0.25, 0.3) is 0 Å². The molecule has 0 aliphatic heterocycles. The van der Waals surface area contributed by atoms with Crippen molar-refractivity contribution in [2.24, 2.45) is 0 Å². The van der Waals surface area contributed by atoms with Crippen LogP contribution in [-0.2, 0) is 9.47 Å². The van der Waals surface area contributed by atoms with Gasteiger partial charge in [0, 0.05) is 19.6 Å². The molecule has 84 valence electrons. The molecular weight excluding hydrogens is 329 g/mol. The first-order valence-corrected chi connectivity index (χ1v) is 6.21. The van der Waals surface area contributed by atoms with Crippen LogP contribution in [0.1, 0.15) is 10.4 Å². The molecule has 0 radical (unpaired) electrons. The molecule has 1 aromatic heterocycles. The number of hydrogen-bond acceptors (Lipinski definition) is 4. The Morgan fingerprint density at radius 3 is 2.73 bits per heavy atom. The van der Waals surface area contributed by atoms with E-state index in [2.05, 4.69) is 27.9 Å². The lowest BCUT2D eigenvalue weighted by Gasteiger charge is -2.13. The average Bonchev–Trinajstić information content (AvgIpc) is 2.66. The van der Waals surface area contributed by atoms with Crippen molar-refractivity contribution >= 4 is 39.8 Å². The molecule has 4 nitrogen and oxygen atoms in total. The molecule has 0 bridgehead atoms. The van der Waals surface area contributed by atoms with Gasteiger partial charge in [-0.25, -0.2) is 0 Å². The molecule has 15 heavy (non-hydrogen) atoms. The third-order valence-electron chi connectivity index (χ3n) is 1.78. The van der Waals surface area contributed by atoms with Crippen LogP contribution in [0.3, 0.4) is 0 Å². The molecule has 1 amide bonds. The Morgan fingerprint density at radius 2 is 2.27 bits per heavy atom. The van der Waals surface area contributed by atoms with Crippen LogP contribution in [0.5, 0.6) is 0 Å². The summed E-state index contributed by atoms with van der Waals surface area (Å²) in [5.74, 6) is -0.103. The Labute approximate surface area is 106 Å². The molecule has 6 heteroatoms. The second-order valence-electron chi connectivity index (χ2n) is 2.75. The maximum absolute atomic E-state index is 11.6. The standard InChI is InChI=1S/C9H12INO3S/c1-13-8(14-2)4-11-9(12)6-3-7(10)15-5-6/h3,5,8H,4H2,1-2H3,(H,11,12). The van der Waals surface area contributed by atoms with E-state index in [1.54, 1.807) is 11.3 Å². The third kappa shape index (κ3) is 4.06. The Kier molecular flexibility index (Phi) is 5.51. The van der Waals surface area contributed by atoms with Crippen LogP contribution >= 0.6 is 33.9 Å². The number of nitrogens with one attached hydrogen (secondary N) is 1. The van der Waals surface area contributed by atoms with Gasteiger partial charge in [0.25, 0.3) is 5.91 Å². The largest absolute Gasteiger partial charge is 0.354 e. The predicted molar refractivity (Wildman–Crippen MR) is 67.2 cm³/mol. The topological polar surface area (TPSA) is 47.6 Å². The van der Waals surface area contributed by atoms with Crippen molar-refractivity contribution in [3.8, 4) is 0 Å². The number of amides is 1. The van der Waals surface area contributed by atoms with Gasteiger partial charge in [-0.3, -0.25) is 4.79 Å². The molecule has 0 saturated heterocycles. The highest BCUT2D eigenvalue weighted by Crippen LogP contribution is 2.16. The first kappa shape index (κ1) is 12.9. The van der Waals surface area contributed by atoms with Crippen molar-refractivity contribution in [3.05, 3.63) is 19.9 Å². The molecule has 0 aliphatic carbocycles. The van der Waals surface area contributed by atoms with Gasteiger partial charge in [0.05, 0.1) is 15.0 Å².